The van der Waals surface area contributed by atoms with Gasteiger partial charge in [0.05, 0.1) is 18.3 Å². The first kappa shape index (κ1) is 17.3. The Hall–Kier alpha value is -3.86. The lowest BCUT2D eigenvalue weighted by molar-refractivity contribution is 0.0975. The van der Waals surface area contributed by atoms with Crippen molar-refractivity contribution in [2.45, 2.75) is 12.7 Å². The van der Waals surface area contributed by atoms with Crippen LogP contribution in [-0.2, 0) is 6.54 Å². The smallest absolute Gasteiger partial charge is 0.262 e. The largest absolute Gasteiger partial charge is 0.360 e. The number of benzene rings is 3. The molecule has 142 valence electrons. The third-order valence-electron chi connectivity index (χ3n) is 5.12. The number of hydrogen-bond acceptors (Lipinski definition) is 3. The van der Waals surface area contributed by atoms with Gasteiger partial charge in [-0.05, 0) is 29.8 Å². The third kappa shape index (κ3) is 3.27. The summed E-state index contributed by atoms with van der Waals surface area (Å²) in [5, 5.41) is 8.06. The number of fused-ring (bicyclic) bond motifs is 1. The van der Waals surface area contributed by atoms with Crippen LogP contribution in [0.4, 0.5) is 11.4 Å². The molecule has 0 spiro atoms. The van der Waals surface area contributed by atoms with Crippen LogP contribution in [0, 0.1) is 0 Å². The van der Waals surface area contributed by atoms with Crippen molar-refractivity contribution in [2.24, 2.45) is 0 Å². The highest BCUT2D eigenvalue weighted by Gasteiger charge is 2.34. The maximum atomic E-state index is 13.4. The zero-order chi connectivity index (χ0) is 19.6. The van der Waals surface area contributed by atoms with Crippen LogP contribution in [0.2, 0.25) is 0 Å². The number of nitrogens with one attached hydrogen (secondary N) is 1. The van der Waals surface area contributed by atoms with Gasteiger partial charge in [0.15, 0.2) is 0 Å². The molecular weight excluding hydrogens is 360 g/mol. The average molecular weight is 380 g/mol. The second-order valence-corrected chi connectivity index (χ2v) is 7.06. The van der Waals surface area contributed by atoms with E-state index in [-0.39, 0.29) is 12.1 Å². The molecule has 5 heteroatoms. The van der Waals surface area contributed by atoms with Gasteiger partial charge in [-0.3, -0.25) is 14.4 Å². The van der Waals surface area contributed by atoms with Gasteiger partial charge >= 0.3 is 0 Å². The maximum Gasteiger partial charge on any atom is 0.262 e. The number of rotatable bonds is 4. The standard InChI is InChI=1S/C24H20N4O/c29-24-21-13-7-8-14-22(21)26-23(28(24)20-11-5-2-6-12-20)19-15-25-27(17-19)16-18-9-3-1-4-10-18/h1-15,17,23,26H,16H2/t23-/m1/s1. The molecule has 0 aliphatic carbocycles. The van der Waals surface area contributed by atoms with Crippen LogP contribution in [0.5, 0.6) is 0 Å². The van der Waals surface area contributed by atoms with Gasteiger partial charge < -0.3 is 5.32 Å². The second kappa shape index (κ2) is 7.28. The molecule has 1 atom stereocenters. The predicted octanol–water partition coefficient (Wildman–Crippen LogP) is 4.70. The topological polar surface area (TPSA) is 50.2 Å². The molecule has 0 radical (unpaired) electrons. The number of amides is 1. The first-order valence-electron chi connectivity index (χ1n) is 9.60. The monoisotopic (exact) mass is 380 g/mol. The molecule has 4 aromatic rings. The highest BCUT2D eigenvalue weighted by Crippen LogP contribution is 2.36. The van der Waals surface area contributed by atoms with Crippen LogP contribution < -0.4 is 10.2 Å². The van der Waals surface area contributed by atoms with Crippen molar-refractivity contribution < 1.29 is 4.79 Å². The minimum Gasteiger partial charge on any atom is -0.360 e. The minimum atomic E-state index is -0.329. The Morgan fingerprint density at radius 1 is 0.862 bits per heavy atom. The van der Waals surface area contributed by atoms with Gasteiger partial charge in [0.1, 0.15) is 6.17 Å². The summed E-state index contributed by atoms with van der Waals surface area (Å²) in [5.41, 5.74) is 4.47. The van der Waals surface area contributed by atoms with E-state index in [1.54, 1.807) is 4.90 Å². The van der Waals surface area contributed by atoms with Crippen LogP contribution in [0.3, 0.4) is 0 Å². The first-order chi connectivity index (χ1) is 14.3. The maximum absolute atomic E-state index is 13.4. The summed E-state index contributed by atoms with van der Waals surface area (Å²) < 4.78 is 1.90. The van der Waals surface area contributed by atoms with E-state index >= 15 is 0 Å². The van der Waals surface area contributed by atoms with Crippen LogP contribution >= 0.6 is 0 Å². The van der Waals surface area contributed by atoms with E-state index in [4.69, 9.17) is 0 Å². The van der Waals surface area contributed by atoms with Crippen LogP contribution in [-0.4, -0.2) is 15.7 Å². The summed E-state index contributed by atoms with van der Waals surface area (Å²) in [7, 11) is 0. The van der Waals surface area contributed by atoms with Crippen molar-refractivity contribution >= 4 is 17.3 Å². The number of carbonyl (C=O) groups is 1. The fourth-order valence-electron chi connectivity index (χ4n) is 3.72. The molecule has 1 N–H and O–H groups in total. The average Bonchev–Trinajstić information content (AvgIpc) is 3.23. The fraction of sp³-hybridized carbons (Fsp3) is 0.0833. The number of aromatic nitrogens is 2. The first-order valence-corrected chi connectivity index (χ1v) is 9.60. The molecule has 2 heterocycles. The second-order valence-electron chi connectivity index (χ2n) is 7.06. The summed E-state index contributed by atoms with van der Waals surface area (Å²) in [6.07, 6.45) is 3.50. The van der Waals surface area contributed by atoms with E-state index in [1.807, 2.05) is 89.9 Å². The van der Waals surface area contributed by atoms with Gasteiger partial charge in [0.2, 0.25) is 0 Å². The van der Waals surface area contributed by atoms with E-state index in [2.05, 4.69) is 22.5 Å². The van der Waals surface area contributed by atoms with E-state index in [0.717, 1.165) is 16.9 Å². The molecule has 0 saturated heterocycles. The van der Waals surface area contributed by atoms with Crippen molar-refractivity contribution in [1.82, 2.24) is 9.78 Å². The summed E-state index contributed by atoms with van der Waals surface area (Å²) in [6.45, 7) is 0.684. The highest BCUT2D eigenvalue weighted by molar-refractivity contribution is 6.12. The molecule has 0 saturated carbocycles. The molecule has 1 aliphatic rings. The quantitative estimate of drug-likeness (QED) is 0.558. The number of carbonyl (C=O) groups excluding carboxylic acids is 1. The Morgan fingerprint density at radius 3 is 2.34 bits per heavy atom. The summed E-state index contributed by atoms with van der Waals surface area (Å²) in [5.74, 6) is -0.0219. The lowest BCUT2D eigenvalue weighted by Gasteiger charge is -2.37. The zero-order valence-electron chi connectivity index (χ0n) is 15.8. The van der Waals surface area contributed by atoms with Crippen molar-refractivity contribution in [1.29, 1.82) is 0 Å². The number of hydrogen-bond donors (Lipinski definition) is 1. The van der Waals surface area contributed by atoms with Gasteiger partial charge in [-0.2, -0.15) is 5.10 Å². The Kier molecular flexibility index (Phi) is 4.33. The number of anilines is 2. The number of para-hydroxylation sites is 2. The van der Waals surface area contributed by atoms with Crippen molar-refractivity contribution in [3.05, 3.63) is 114 Å². The molecule has 5 rings (SSSR count). The third-order valence-corrected chi connectivity index (χ3v) is 5.12. The Labute approximate surface area is 169 Å². The summed E-state index contributed by atoms with van der Waals surface area (Å²) >= 11 is 0. The Morgan fingerprint density at radius 2 is 1.55 bits per heavy atom. The van der Waals surface area contributed by atoms with Crippen molar-refractivity contribution in [3.63, 3.8) is 0 Å². The molecular formula is C24H20N4O. The van der Waals surface area contributed by atoms with Crippen LogP contribution in [0.25, 0.3) is 0 Å². The van der Waals surface area contributed by atoms with E-state index < -0.39 is 0 Å². The van der Waals surface area contributed by atoms with Gasteiger partial charge in [-0.25, -0.2) is 0 Å². The molecule has 0 fully saturated rings. The fourth-order valence-corrected chi connectivity index (χ4v) is 3.72. The highest BCUT2D eigenvalue weighted by atomic mass is 16.2. The molecule has 1 amide bonds. The molecule has 1 aliphatic heterocycles. The lowest BCUT2D eigenvalue weighted by Crippen LogP contribution is -2.43. The van der Waals surface area contributed by atoms with Gasteiger partial charge in [0.25, 0.3) is 5.91 Å². The van der Waals surface area contributed by atoms with Crippen LogP contribution in [0.1, 0.15) is 27.7 Å². The normalized spacial score (nSPS) is 15.7. The van der Waals surface area contributed by atoms with E-state index in [0.29, 0.717) is 12.1 Å². The lowest BCUT2D eigenvalue weighted by atomic mass is 10.0. The molecule has 1 aromatic heterocycles. The van der Waals surface area contributed by atoms with Crippen molar-refractivity contribution in [2.75, 3.05) is 10.2 Å². The zero-order valence-corrected chi connectivity index (χ0v) is 15.8. The van der Waals surface area contributed by atoms with Crippen molar-refractivity contribution in [3.8, 4) is 0 Å². The summed E-state index contributed by atoms with van der Waals surface area (Å²) in [4.78, 5) is 15.2. The minimum absolute atomic E-state index is 0.0219. The molecule has 0 bridgehead atoms. The molecule has 0 unspecified atom stereocenters. The van der Waals surface area contributed by atoms with Gasteiger partial charge in [-0.1, -0.05) is 60.7 Å². The Balaban J connectivity index is 1.53. The Bertz CT molecular complexity index is 1140. The van der Waals surface area contributed by atoms with Gasteiger partial charge in [0, 0.05) is 23.1 Å². The SMILES string of the molecule is O=C1c2ccccc2N[C@@H](c2cnn(Cc3ccccc3)c2)N1c1ccccc1. The number of nitrogens with zero attached hydrogens (tertiary/aromatic N) is 3. The van der Waals surface area contributed by atoms with Crippen LogP contribution in [0.15, 0.2) is 97.3 Å². The molecule has 3 aromatic carbocycles. The molecule has 5 nitrogen and oxygen atoms in total. The van der Waals surface area contributed by atoms with E-state index in [9.17, 15) is 4.79 Å². The molecule has 29 heavy (non-hydrogen) atoms. The predicted molar refractivity (Wildman–Crippen MR) is 114 cm³/mol. The van der Waals surface area contributed by atoms with Gasteiger partial charge in [-0.15, -0.1) is 0 Å². The summed E-state index contributed by atoms with van der Waals surface area (Å²) in [6, 6.07) is 27.6. The van der Waals surface area contributed by atoms with E-state index in [1.165, 1.54) is 5.56 Å².